The van der Waals surface area contributed by atoms with E-state index in [0.29, 0.717) is 5.69 Å². The molecule has 1 unspecified atom stereocenters. The zero-order valence-electron chi connectivity index (χ0n) is 12.3. The first kappa shape index (κ1) is 16.2. The summed E-state index contributed by atoms with van der Waals surface area (Å²) in [5.41, 5.74) is 7.54. The number of nitrogen functional groups attached to an aromatic ring is 1. The molecule has 2 nitrogen and oxygen atoms in total. The summed E-state index contributed by atoms with van der Waals surface area (Å²) >= 11 is 0. The fourth-order valence-electron chi connectivity index (χ4n) is 2.16. The van der Waals surface area contributed by atoms with Crippen molar-refractivity contribution in [1.82, 2.24) is 0 Å². The van der Waals surface area contributed by atoms with Crippen LogP contribution in [0.1, 0.15) is 57.4 Å². The molecule has 0 fully saturated rings. The normalized spacial score (nSPS) is 12.5. The van der Waals surface area contributed by atoms with Crippen molar-refractivity contribution >= 4 is 16.5 Å². The van der Waals surface area contributed by atoms with E-state index < -0.39 is 10.8 Å². The number of benzene rings is 1. The Morgan fingerprint density at radius 3 is 2.37 bits per heavy atom. The van der Waals surface area contributed by atoms with Gasteiger partial charge in [-0.2, -0.15) is 0 Å². The Balaban J connectivity index is 2.26. The molecular formula is C16H27NOS. The first-order valence-corrected chi connectivity index (χ1v) is 8.71. The fraction of sp³-hybridized carbons (Fsp3) is 0.625. The molecule has 108 valence electrons. The Labute approximate surface area is 120 Å². The van der Waals surface area contributed by atoms with Gasteiger partial charge >= 0.3 is 0 Å². The highest BCUT2D eigenvalue weighted by Gasteiger charge is 2.07. The number of nitrogens with two attached hydrogens (primary N) is 1. The molecule has 0 spiro atoms. The Morgan fingerprint density at radius 1 is 1.05 bits per heavy atom. The third-order valence-corrected chi connectivity index (χ3v) is 4.98. The quantitative estimate of drug-likeness (QED) is 0.537. The third kappa shape index (κ3) is 6.24. The van der Waals surface area contributed by atoms with E-state index in [1.165, 1.54) is 38.5 Å². The highest BCUT2D eigenvalue weighted by Crippen LogP contribution is 2.18. The van der Waals surface area contributed by atoms with Gasteiger partial charge in [-0.1, -0.05) is 51.5 Å². The SMILES string of the molecule is CCCCCCCCCS(=O)c1cc(N)ccc1C. The third-order valence-electron chi connectivity index (χ3n) is 3.39. The summed E-state index contributed by atoms with van der Waals surface area (Å²) in [5.74, 6) is 0.762. The van der Waals surface area contributed by atoms with Crippen LogP contribution in [-0.2, 0) is 10.8 Å². The van der Waals surface area contributed by atoms with Crippen molar-refractivity contribution in [3.05, 3.63) is 23.8 Å². The average Bonchev–Trinajstić information content (AvgIpc) is 2.40. The first-order chi connectivity index (χ1) is 9.15. The van der Waals surface area contributed by atoms with E-state index in [4.69, 9.17) is 5.73 Å². The summed E-state index contributed by atoms with van der Waals surface area (Å²) in [6.07, 6.45) is 8.80. The van der Waals surface area contributed by atoms with Crippen molar-refractivity contribution < 1.29 is 4.21 Å². The molecule has 0 aromatic heterocycles. The second-order valence-corrected chi connectivity index (χ2v) is 6.74. The number of hydrogen-bond donors (Lipinski definition) is 1. The first-order valence-electron chi connectivity index (χ1n) is 7.39. The molecular weight excluding hydrogens is 254 g/mol. The van der Waals surface area contributed by atoms with Gasteiger partial charge in [0.2, 0.25) is 0 Å². The summed E-state index contributed by atoms with van der Waals surface area (Å²) in [6.45, 7) is 4.23. The standard InChI is InChI=1S/C16H27NOS/c1-3-4-5-6-7-8-9-12-19(18)16-13-15(17)11-10-14(16)2/h10-11,13H,3-9,12,17H2,1-2H3. The lowest BCUT2D eigenvalue weighted by atomic mass is 10.1. The second-order valence-electron chi connectivity index (χ2n) is 5.20. The van der Waals surface area contributed by atoms with Gasteiger partial charge in [0.15, 0.2) is 0 Å². The Hall–Kier alpha value is -0.830. The maximum absolute atomic E-state index is 12.2. The average molecular weight is 281 g/mol. The summed E-state index contributed by atoms with van der Waals surface area (Å²) in [4.78, 5) is 0.908. The molecule has 1 aromatic carbocycles. The van der Waals surface area contributed by atoms with Crippen LogP contribution in [0.5, 0.6) is 0 Å². The van der Waals surface area contributed by atoms with Gasteiger partial charge in [0.25, 0.3) is 0 Å². The maximum Gasteiger partial charge on any atom is 0.0532 e. The van der Waals surface area contributed by atoms with Crippen LogP contribution >= 0.6 is 0 Å². The number of rotatable bonds is 9. The number of aryl methyl sites for hydroxylation is 1. The molecule has 0 aliphatic heterocycles. The summed E-state index contributed by atoms with van der Waals surface area (Å²) in [5, 5.41) is 0. The molecule has 0 bridgehead atoms. The lowest BCUT2D eigenvalue weighted by Gasteiger charge is -2.07. The van der Waals surface area contributed by atoms with E-state index in [1.54, 1.807) is 0 Å². The van der Waals surface area contributed by atoms with Crippen LogP contribution in [0, 0.1) is 6.92 Å². The van der Waals surface area contributed by atoms with Gasteiger partial charge in [0.1, 0.15) is 0 Å². The molecule has 0 aliphatic rings. The minimum Gasteiger partial charge on any atom is -0.399 e. The van der Waals surface area contributed by atoms with E-state index in [9.17, 15) is 4.21 Å². The van der Waals surface area contributed by atoms with Gasteiger partial charge in [-0.05, 0) is 31.0 Å². The number of unbranched alkanes of at least 4 members (excludes halogenated alkanes) is 6. The lowest BCUT2D eigenvalue weighted by molar-refractivity contribution is 0.601. The van der Waals surface area contributed by atoms with Crippen molar-refractivity contribution in [1.29, 1.82) is 0 Å². The van der Waals surface area contributed by atoms with Gasteiger partial charge in [-0.15, -0.1) is 0 Å². The van der Waals surface area contributed by atoms with Crippen LogP contribution in [0.15, 0.2) is 23.1 Å². The van der Waals surface area contributed by atoms with Crippen LogP contribution in [-0.4, -0.2) is 9.96 Å². The molecule has 3 heteroatoms. The molecule has 1 atom stereocenters. The van der Waals surface area contributed by atoms with Crippen LogP contribution in [0.2, 0.25) is 0 Å². The van der Waals surface area contributed by atoms with E-state index in [1.807, 2.05) is 25.1 Å². The van der Waals surface area contributed by atoms with E-state index >= 15 is 0 Å². The molecule has 0 aliphatic carbocycles. The van der Waals surface area contributed by atoms with E-state index in [-0.39, 0.29) is 0 Å². The van der Waals surface area contributed by atoms with Crippen molar-refractivity contribution in [3.63, 3.8) is 0 Å². The molecule has 1 aromatic rings. The fourth-order valence-corrected chi connectivity index (χ4v) is 3.54. The van der Waals surface area contributed by atoms with Gasteiger partial charge < -0.3 is 5.73 Å². The van der Waals surface area contributed by atoms with Crippen molar-refractivity contribution in [2.45, 2.75) is 63.7 Å². The molecule has 0 saturated heterocycles. The van der Waals surface area contributed by atoms with Crippen molar-refractivity contribution in [2.75, 3.05) is 11.5 Å². The predicted molar refractivity (Wildman–Crippen MR) is 84.9 cm³/mol. The summed E-state index contributed by atoms with van der Waals surface area (Å²) in [7, 11) is -0.894. The Kier molecular flexibility index (Phi) is 7.80. The molecule has 0 radical (unpaired) electrons. The summed E-state index contributed by atoms with van der Waals surface area (Å²) in [6, 6.07) is 5.67. The minimum atomic E-state index is -0.894. The number of hydrogen-bond acceptors (Lipinski definition) is 2. The Bertz CT molecular complexity index is 404. The topological polar surface area (TPSA) is 43.1 Å². The monoisotopic (exact) mass is 281 g/mol. The van der Waals surface area contributed by atoms with Gasteiger partial charge in [0, 0.05) is 16.3 Å². The number of anilines is 1. The molecule has 1 rings (SSSR count). The second kappa shape index (κ2) is 9.13. The largest absolute Gasteiger partial charge is 0.399 e. The van der Waals surface area contributed by atoms with Gasteiger partial charge in [-0.25, -0.2) is 0 Å². The molecule has 0 heterocycles. The summed E-state index contributed by atoms with van der Waals surface area (Å²) < 4.78 is 12.2. The van der Waals surface area contributed by atoms with Crippen molar-refractivity contribution in [2.24, 2.45) is 0 Å². The molecule has 0 saturated carbocycles. The lowest BCUT2D eigenvalue weighted by Crippen LogP contribution is -2.01. The predicted octanol–water partition coefficient (Wildman–Crippen LogP) is 4.44. The van der Waals surface area contributed by atoms with Crippen LogP contribution in [0.25, 0.3) is 0 Å². The maximum atomic E-state index is 12.2. The smallest absolute Gasteiger partial charge is 0.0532 e. The Morgan fingerprint density at radius 2 is 1.68 bits per heavy atom. The molecule has 2 N–H and O–H groups in total. The zero-order chi connectivity index (χ0) is 14.1. The van der Waals surface area contributed by atoms with Gasteiger partial charge in [0.05, 0.1) is 10.8 Å². The highest BCUT2D eigenvalue weighted by atomic mass is 32.2. The van der Waals surface area contributed by atoms with Gasteiger partial charge in [-0.3, -0.25) is 4.21 Å². The highest BCUT2D eigenvalue weighted by molar-refractivity contribution is 7.85. The van der Waals surface area contributed by atoms with E-state index in [0.717, 1.165) is 22.6 Å². The van der Waals surface area contributed by atoms with Crippen molar-refractivity contribution in [3.8, 4) is 0 Å². The zero-order valence-corrected chi connectivity index (χ0v) is 13.1. The van der Waals surface area contributed by atoms with Crippen LogP contribution in [0.4, 0.5) is 5.69 Å². The van der Waals surface area contributed by atoms with E-state index in [2.05, 4.69) is 6.92 Å². The van der Waals surface area contributed by atoms with Crippen LogP contribution < -0.4 is 5.73 Å². The minimum absolute atomic E-state index is 0.702. The molecule has 0 amide bonds. The van der Waals surface area contributed by atoms with Crippen LogP contribution in [0.3, 0.4) is 0 Å². The molecule has 19 heavy (non-hydrogen) atoms.